The van der Waals surface area contributed by atoms with Crippen LogP contribution in [0.3, 0.4) is 0 Å². The Kier molecular flexibility index (Phi) is 12.4. The number of carbonyl (C=O) groups excluding carboxylic acids is 1. The quantitative estimate of drug-likeness (QED) is 0.306. The highest BCUT2D eigenvalue weighted by molar-refractivity contribution is 14.0. The van der Waals surface area contributed by atoms with Crippen molar-refractivity contribution in [2.45, 2.75) is 50.3 Å². The van der Waals surface area contributed by atoms with Gasteiger partial charge in [0.2, 0.25) is 5.91 Å². The predicted octanol–water partition coefficient (Wildman–Crippen LogP) is 2.55. The van der Waals surface area contributed by atoms with Crippen molar-refractivity contribution in [1.82, 2.24) is 15.5 Å². The summed E-state index contributed by atoms with van der Waals surface area (Å²) in [5.41, 5.74) is 1.26. The highest BCUT2D eigenvalue weighted by Gasteiger charge is 2.26. The van der Waals surface area contributed by atoms with Crippen molar-refractivity contribution in [2.75, 3.05) is 32.9 Å². The van der Waals surface area contributed by atoms with Gasteiger partial charge in [-0.3, -0.25) is 9.00 Å². The van der Waals surface area contributed by atoms with Crippen LogP contribution in [-0.4, -0.2) is 65.2 Å². The summed E-state index contributed by atoms with van der Waals surface area (Å²) in [5.74, 6) is 1.35. The molecule has 0 aliphatic heterocycles. The van der Waals surface area contributed by atoms with E-state index in [0.717, 1.165) is 38.6 Å². The van der Waals surface area contributed by atoms with Gasteiger partial charge in [0.1, 0.15) is 6.54 Å². The number of nitrogens with zero attached hydrogens (tertiary/aromatic N) is 2. The fourth-order valence-electron chi connectivity index (χ4n) is 3.35. The Balaban J connectivity index is 0.00000420. The lowest BCUT2D eigenvalue weighted by Gasteiger charge is -2.30. The minimum Gasteiger partial charge on any atom is -0.356 e. The standard InChI is InChI=1S/C21H34N4O2S.HI/c1-4-28(27)19-12-8-11-18(15-19)24-21(23-16-20(26)25(2)3)22-14-13-17-9-6-5-7-10-17;/h5-7,9-10,18-19H,4,8,11-16H2,1-3H3,(H2,22,23,24);1H. The molecule has 1 aromatic rings. The second kappa shape index (κ2) is 14.0. The molecule has 0 saturated heterocycles. The molecule has 0 radical (unpaired) electrons. The second-order valence-corrected chi connectivity index (χ2v) is 9.42. The Hall–Kier alpha value is -1.16. The number of guanidine groups is 1. The Labute approximate surface area is 194 Å². The van der Waals surface area contributed by atoms with E-state index in [0.29, 0.717) is 11.7 Å². The van der Waals surface area contributed by atoms with E-state index in [9.17, 15) is 9.00 Å². The lowest BCUT2D eigenvalue weighted by atomic mass is 9.95. The average molecular weight is 535 g/mol. The summed E-state index contributed by atoms with van der Waals surface area (Å²) in [6.45, 7) is 2.84. The number of rotatable bonds is 8. The van der Waals surface area contributed by atoms with Gasteiger partial charge in [-0.05, 0) is 31.2 Å². The normalized spacial score (nSPS) is 20.3. The molecule has 1 aliphatic carbocycles. The van der Waals surface area contributed by atoms with Crippen molar-refractivity contribution in [3.8, 4) is 0 Å². The molecule has 8 heteroatoms. The molecule has 1 aromatic carbocycles. The van der Waals surface area contributed by atoms with E-state index in [1.165, 1.54) is 5.56 Å². The van der Waals surface area contributed by atoms with Crippen molar-refractivity contribution >= 4 is 46.6 Å². The SMILES string of the molecule is CCS(=O)C1CCCC(NC(=NCC(=O)N(C)C)NCCc2ccccc2)C1.I. The summed E-state index contributed by atoms with van der Waals surface area (Å²) in [7, 11) is 2.71. The van der Waals surface area contributed by atoms with Crippen LogP contribution in [0, 0.1) is 0 Å². The van der Waals surface area contributed by atoms with Crippen LogP contribution in [0.15, 0.2) is 35.3 Å². The van der Waals surface area contributed by atoms with Crippen molar-refractivity contribution in [3.05, 3.63) is 35.9 Å². The van der Waals surface area contributed by atoms with E-state index in [-0.39, 0.29) is 47.7 Å². The van der Waals surface area contributed by atoms with Gasteiger partial charge in [-0.2, -0.15) is 0 Å². The number of aliphatic imine (C=N–C) groups is 1. The second-order valence-electron chi connectivity index (χ2n) is 7.41. The molecule has 2 rings (SSSR count). The van der Waals surface area contributed by atoms with Crippen molar-refractivity contribution in [1.29, 1.82) is 0 Å². The third-order valence-electron chi connectivity index (χ3n) is 5.04. The van der Waals surface area contributed by atoms with Gasteiger partial charge in [0.25, 0.3) is 0 Å². The smallest absolute Gasteiger partial charge is 0.243 e. The zero-order chi connectivity index (χ0) is 20.4. The number of amides is 1. The van der Waals surface area contributed by atoms with E-state index in [1.807, 2.05) is 25.1 Å². The fourth-order valence-corrected chi connectivity index (χ4v) is 4.70. The number of carbonyl (C=O) groups is 1. The number of benzene rings is 1. The lowest BCUT2D eigenvalue weighted by molar-refractivity contribution is -0.127. The van der Waals surface area contributed by atoms with Crippen molar-refractivity contribution < 1.29 is 9.00 Å². The van der Waals surface area contributed by atoms with Crippen LogP contribution in [0.1, 0.15) is 38.2 Å². The molecule has 2 N–H and O–H groups in total. The summed E-state index contributed by atoms with van der Waals surface area (Å²) in [4.78, 5) is 18.0. The molecular weight excluding hydrogens is 499 g/mol. The van der Waals surface area contributed by atoms with Crippen LogP contribution in [0.25, 0.3) is 0 Å². The number of hydrogen-bond acceptors (Lipinski definition) is 3. The van der Waals surface area contributed by atoms with Gasteiger partial charge in [0, 0.05) is 48.5 Å². The summed E-state index contributed by atoms with van der Waals surface area (Å²) in [6.07, 6.45) is 4.92. The Morgan fingerprint density at radius 3 is 2.62 bits per heavy atom. The predicted molar refractivity (Wildman–Crippen MR) is 132 cm³/mol. The zero-order valence-corrected chi connectivity index (χ0v) is 20.9. The van der Waals surface area contributed by atoms with Gasteiger partial charge < -0.3 is 15.5 Å². The third kappa shape index (κ3) is 9.46. The van der Waals surface area contributed by atoms with E-state index < -0.39 is 10.8 Å². The molecule has 3 atom stereocenters. The molecule has 1 aliphatic rings. The van der Waals surface area contributed by atoms with Crippen LogP contribution in [0.4, 0.5) is 0 Å². The summed E-state index contributed by atoms with van der Waals surface area (Å²) in [5, 5.41) is 7.09. The van der Waals surface area contributed by atoms with Crippen molar-refractivity contribution in [3.63, 3.8) is 0 Å². The van der Waals surface area contributed by atoms with Crippen molar-refractivity contribution in [2.24, 2.45) is 4.99 Å². The number of hydrogen-bond donors (Lipinski definition) is 2. The van der Waals surface area contributed by atoms with Gasteiger partial charge >= 0.3 is 0 Å². The van der Waals surface area contributed by atoms with Crippen LogP contribution < -0.4 is 10.6 Å². The van der Waals surface area contributed by atoms with Gasteiger partial charge in [-0.25, -0.2) is 4.99 Å². The van der Waals surface area contributed by atoms with Gasteiger partial charge in [0.15, 0.2) is 5.96 Å². The summed E-state index contributed by atoms with van der Waals surface area (Å²) < 4.78 is 12.2. The molecule has 0 heterocycles. The van der Waals surface area contributed by atoms with E-state index in [1.54, 1.807) is 19.0 Å². The molecule has 3 unspecified atom stereocenters. The highest BCUT2D eigenvalue weighted by Crippen LogP contribution is 2.23. The maximum atomic E-state index is 12.2. The molecule has 1 amide bonds. The Morgan fingerprint density at radius 2 is 1.97 bits per heavy atom. The van der Waals surface area contributed by atoms with E-state index in [4.69, 9.17) is 0 Å². The first-order valence-corrected chi connectivity index (χ1v) is 11.5. The molecule has 0 bridgehead atoms. The first-order valence-electron chi connectivity index (χ1n) is 10.2. The monoisotopic (exact) mass is 534 g/mol. The molecule has 0 spiro atoms. The van der Waals surface area contributed by atoms with E-state index in [2.05, 4.69) is 27.8 Å². The van der Waals surface area contributed by atoms with Crippen LogP contribution >= 0.6 is 24.0 Å². The Morgan fingerprint density at radius 1 is 1.24 bits per heavy atom. The Bertz CT molecular complexity index is 670. The summed E-state index contributed by atoms with van der Waals surface area (Å²) in [6, 6.07) is 10.5. The first kappa shape index (κ1) is 25.9. The number of halogens is 1. The fraction of sp³-hybridized carbons (Fsp3) is 0.619. The molecular formula is C21H35IN4O2S. The lowest BCUT2D eigenvalue weighted by Crippen LogP contribution is -2.47. The molecule has 1 saturated carbocycles. The summed E-state index contributed by atoms with van der Waals surface area (Å²) >= 11 is 0. The van der Waals surface area contributed by atoms with Gasteiger partial charge in [0.05, 0.1) is 0 Å². The van der Waals surface area contributed by atoms with E-state index >= 15 is 0 Å². The average Bonchev–Trinajstić information content (AvgIpc) is 2.71. The minimum absolute atomic E-state index is 0. The molecule has 0 aromatic heterocycles. The topological polar surface area (TPSA) is 73.8 Å². The van der Waals surface area contributed by atoms with Crippen LogP contribution in [0.2, 0.25) is 0 Å². The minimum atomic E-state index is -0.758. The van der Waals surface area contributed by atoms with Crippen LogP contribution in [-0.2, 0) is 22.0 Å². The molecule has 6 nitrogen and oxygen atoms in total. The largest absolute Gasteiger partial charge is 0.356 e. The maximum Gasteiger partial charge on any atom is 0.243 e. The molecule has 164 valence electrons. The maximum absolute atomic E-state index is 12.2. The molecule has 29 heavy (non-hydrogen) atoms. The highest BCUT2D eigenvalue weighted by atomic mass is 127. The van der Waals surface area contributed by atoms with Gasteiger partial charge in [-0.15, -0.1) is 24.0 Å². The van der Waals surface area contributed by atoms with Crippen LogP contribution in [0.5, 0.6) is 0 Å². The first-order chi connectivity index (χ1) is 13.5. The van der Waals surface area contributed by atoms with Gasteiger partial charge in [-0.1, -0.05) is 43.7 Å². The third-order valence-corrected chi connectivity index (χ3v) is 6.78. The zero-order valence-electron chi connectivity index (χ0n) is 17.7. The molecule has 1 fully saturated rings. The number of nitrogens with one attached hydrogen (secondary N) is 2. The number of likely N-dealkylation sites (N-methyl/N-ethyl adjacent to an activating group) is 1.